The van der Waals surface area contributed by atoms with E-state index in [0.717, 1.165) is 16.7 Å². The van der Waals surface area contributed by atoms with Crippen molar-refractivity contribution in [2.24, 2.45) is 0 Å². The van der Waals surface area contributed by atoms with Crippen molar-refractivity contribution >= 4 is 11.6 Å². The Kier molecular flexibility index (Phi) is 6.55. The van der Waals surface area contributed by atoms with E-state index < -0.39 is 18.2 Å². The van der Waals surface area contributed by atoms with E-state index in [2.05, 4.69) is 21.9 Å². The maximum Gasteiger partial charge on any atom is 0.387 e. The molecular weight excluding hydrogens is 350 g/mol. The Morgan fingerprint density at radius 3 is 2.56 bits per heavy atom. The molecule has 2 aromatic rings. The normalized spacial score (nSPS) is 11.2. The standard InChI is InChI=1S/C21H24F2N2O2/c1-14(2)15-9-7-10-17(12-15)21(3,4)25-20(26)24-13-16-8-5-6-11-18(16)27-19(22)23/h5-12,19H,1,13H2,2-4H3,(H2,24,25,26). The first kappa shape index (κ1) is 20.4. The number of carbonyl (C=O) groups excluding carboxylic acids is 1. The number of allylic oxidation sites excluding steroid dienone is 1. The molecule has 0 atom stereocenters. The van der Waals surface area contributed by atoms with Crippen LogP contribution in [0.2, 0.25) is 0 Å². The zero-order valence-corrected chi connectivity index (χ0v) is 15.7. The Morgan fingerprint density at radius 2 is 1.89 bits per heavy atom. The molecule has 0 saturated carbocycles. The smallest absolute Gasteiger partial charge is 0.387 e. The van der Waals surface area contributed by atoms with Gasteiger partial charge in [-0.05, 0) is 44.0 Å². The third-order valence-electron chi connectivity index (χ3n) is 4.13. The van der Waals surface area contributed by atoms with Crippen LogP contribution >= 0.6 is 0 Å². The molecule has 0 aromatic heterocycles. The molecule has 0 fully saturated rings. The number of para-hydroxylation sites is 1. The summed E-state index contributed by atoms with van der Waals surface area (Å²) in [6.45, 7) is 6.78. The lowest BCUT2D eigenvalue weighted by atomic mass is 9.92. The monoisotopic (exact) mass is 374 g/mol. The van der Waals surface area contributed by atoms with Gasteiger partial charge in [-0.1, -0.05) is 48.6 Å². The van der Waals surface area contributed by atoms with Crippen LogP contribution in [0.1, 0.15) is 37.5 Å². The van der Waals surface area contributed by atoms with Gasteiger partial charge in [0.15, 0.2) is 0 Å². The van der Waals surface area contributed by atoms with Gasteiger partial charge in [-0.25, -0.2) is 4.79 Å². The molecule has 0 aliphatic heterocycles. The van der Waals surface area contributed by atoms with Crippen LogP contribution in [-0.2, 0) is 12.1 Å². The molecule has 144 valence electrons. The molecule has 0 bridgehead atoms. The Labute approximate surface area is 158 Å². The van der Waals surface area contributed by atoms with E-state index in [9.17, 15) is 13.6 Å². The summed E-state index contributed by atoms with van der Waals surface area (Å²) in [5.41, 5.74) is 2.71. The highest BCUT2D eigenvalue weighted by atomic mass is 19.3. The van der Waals surface area contributed by atoms with Crippen molar-refractivity contribution in [3.05, 3.63) is 71.8 Å². The summed E-state index contributed by atoms with van der Waals surface area (Å²) in [6, 6.07) is 13.7. The van der Waals surface area contributed by atoms with Crippen molar-refractivity contribution in [3.8, 4) is 5.75 Å². The fourth-order valence-electron chi connectivity index (χ4n) is 2.61. The van der Waals surface area contributed by atoms with Crippen molar-refractivity contribution < 1.29 is 18.3 Å². The average molecular weight is 374 g/mol. The number of nitrogens with one attached hydrogen (secondary N) is 2. The highest BCUT2D eigenvalue weighted by Crippen LogP contribution is 2.24. The molecule has 4 nitrogen and oxygen atoms in total. The molecular formula is C21H24F2N2O2. The number of benzene rings is 2. The molecule has 2 amide bonds. The number of halogens is 2. The lowest BCUT2D eigenvalue weighted by molar-refractivity contribution is -0.0504. The van der Waals surface area contributed by atoms with Crippen molar-refractivity contribution in [2.45, 2.75) is 39.5 Å². The van der Waals surface area contributed by atoms with Gasteiger partial charge in [0.05, 0.1) is 5.54 Å². The first-order chi connectivity index (χ1) is 12.7. The Morgan fingerprint density at radius 1 is 1.19 bits per heavy atom. The molecule has 6 heteroatoms. The number of amides is 2. The molecule has 2 N–H and O–H groups in total. The molecule has 2 aromatic carbocycles. The maximum absolute atomic E-state index is 12.5. The second kappa shape index (κ2) is 8.66. The van der Waals surface area contributed by atoms with Crippen LogP contribution in [-0.4, -0.2) is 12.6 Å². The van der Waals surface area contributed by atoms with Gasteiger partial charge in [-0.2, -0.15) is 8.78 Å². The first-order valence-corrected chi connectivity index (χ1v) is 8.54. The van der Waals surface area contributed by atoms with Gasteiger partial charge in [-0.3, -0.25) is 0 Å². The van der Waals surface area contributed by atoms with Crippen molar-refractivity contribution in [1.82, 2.24) is 10.6 Å². The summed E-state index contributed by atoms with van der Waals surface area (Å²) in [4.78, 5) is 12.3. The molecule has 0 aliphatic carbocycles. The van der Waals surface area contributed by atoms with Gasteiger partial charge < -0.3 is 15.4 Å². The minimum Gasteiger partial charge on any atom is -0.434 e. The van der Waals surface area contributed by atoms with E-state index in [1.807, 2.05) is 45.0 Å². The summed E-state index contributed by atoms with van der Waals surface area (Å²) in [7, 11) is 0. The molecule has 0 saturated heterocycles. The molecule has 0 spiro atoms. The van der Waals surface area contributed by atoms with Gasteiger partial charge in [0.1, 0.15) is 5.75 Å². The molecule has 0 aliphatic rings. The molecule has 0 radical (unpaired) electrons. The van der Waals surface area contributed by atoms with E-state index in [-0.39, 0.29) is 12.3 Å². The van der Waals surface area contributed by atoms with Crippen molar-refractivity contribution in [2.75, 3.05) is 0 Å². The molecule has 2 rings (SSSR count). The SMILES string of the molecule is C=C(C)c1cccc(C(C)(C)NC(=O)NCc2ccccc2OC(F)F)c1. The fourth-order valence-corrected chi connectivity index (χ4v) is 2.61. The van der Waals surface area contributed by atoms with Gasteiger partial charge in [-0.15, -0.1) is 0 Å². The fraction of sp³-hybridized carbons (Fsp3) is 0.286. The zero-order chi connectivity index (χ0) is 20.0. The quantitative estimate of drug-likeness (QED) is 0.712. The summed E-state index contributed by atoms with van der Waals surface area (Å²) in [5, 5.41) is 5.58. The minimum absolute atomic E-state index is 0.0428. The number of urea groups is 1. The van der Waals surface area contributed by atoms with Crippen LogP contribution in [0.5, 0.6) is 5.75 Å². The number of hydrogen-bond donors (Lipinski definition) is 2. The van der Waals surface area contributed by atoms with Crippen LogP contribution in [0.3, 0.4) is 0 Å². The highest BCUT2D eigenvalue weighted by molar-refractivity contribution is 5.75. The van der Waals surface area contributed by atoms with Gasteiger partial charge >= 0.3 is 12.6 Å². The van der Waals surface area contributed by atoms with Crippen LogP contribution in [0, 0.1) is 0 Å². The van der Waals surface area contributed by atoms with Gasteiger partial charge in [0.25, 0.3) is 0 Å². The van der Waals surface area contributed by atoms with E-state index in [4.69, 9.17) is 0 Å². The van der Waals surface area contributed by atoms with E-state index in [1.54, 1.807) is 18.2 Å². The second-order valence-corrected chi connectivity index (χ2v) is 6.78. The van der Waals surface area contributed by atoms with E-state index in [1.165, 1.54) is 6.07 Å². The minimum atomic E-state index is -2.92. The Balaban J connectivity index is 2.03. The van der Waals surface area contributed by atoms with Crippen LogP contribution in [0.4, 0.5) is 13.6 Å². The van der Waals surface area contributed by atoms with Gasteiger partial charge in [0.2, 0.25) is 0 Å². The molecule has 27 heavy (non-hydrogen) atoms. The average Bonchev–Trinajstić information content (AvgIpc) is 2.60. The Bertz CT molecular complexity index is 819. The largest absolute Gasteiger partial charge is 0.434 e. The molecule has 0 heterocycles. The zero-order valence-electron chi connectivity index (χ0n) is 15.7. The summed E-state index contributed by atoms with van der Waals surface area (Å²) < 4.78 is 29.4. The van der Waals surface area contributed by atoms with Crippen LogP contribution in [0.15, 0.2) is 55.1 Å². The summed E-state index contributed by atoms with van der Waals surface area (Å²) >= 11 is 0. The lowest BCUT2D eigenvalue weighted by Crippen LogP contribution is -2.46. The van der Waals surface area contributed by atoms with Crippen LogP contribution < -0.4 is 15.4 Å². The predicted octanol–water partition coefficient (Wildman–Crippen LogP) is 5.06. The van der Waals surface area contributed by atoms with Crippen molar-refractivity contribution in [3.63, 3.8) is 0 Å². The number of alkyl halides is 2. The number of ether oxygens (including phenoxy) is 1. The van der Waals surface area contributed by atoms with Crippen LogP contribution in [0.25, 0.3) is 5.57 Å². The summed E-state index contributed by atoms with van der Waals surface area (Å²) in [6.07, 6.45) is 0. The first-order valence-electron chi connectivity index (χ1n) is 8.54. The number of hydrogen-bond acceptors (Lipinski definition) is 2. The molecule has 0 unspecified atom stereocenters. The van der Waals surface area contributed by atoms with Crippen molar-refractivity contribution in [1.29, 1.82) is 0 Å². The topological polar surface area (TPSA) is 50.4 Å². The Hall–Kier alpha value is -2.89. The summed E-state index contributed by atoms with van der Waals surface area (Å²) in [5.74, 6) is 0.0428. The van der Waals surface area contributed by atoms with E-state index in [0.29, 0.717) is 5.56 Å². The number of carbonyl (C=O) groups is 1. The highest BCUT2D eigenvalue weighted by Gasteiger charge is 2.23. The third-order valence-corrected chi connectivity index (χ3v) is 4.13. The second-order valence-electron chi connectivity index (χ2n) is 6.78. The van der Waals surface area contributed by atoms with Gasteiger partial charge in [0, 0.05) is 12.1 Å². The lowest BCUT2D eigenvalue weighted by Gasteiger charge is -2.27. The van der Waals surface area contributed by atoms with E-state index >= 15 is 0 Å². The number of rotatable bonds is 7. The predicted molar refractivity (Wildman–Crippen MR) is 103 cm³/mol. The maximum atomic E-state index is 12.5. The third kappa shape index (κ3) is 5.81.